The number of hydrogen-bond donors (Lipinski definition) is 1. The number of fused-ring (bicyclic) bond motifs is 1. The van der Waals surface area contributed by atoms with Gasteiger partial charge >= 0.3 is 0 Å². The van der Waals surface area contributed by atoms with Gasteiger partial charge in [-0.1, -0.05) is 30.7 Å². The summed E-state index contributed by atoms with van der Waals surface area (Å²) in [5.41, 5.74) is 5.85. The molecule has 1 amide bonds. The summed E-state index contributed by atoms with van der Waals surface area (Å²) in [6.45, 7) is 3.44. The Balaban J connectivity index is 1.35. The Bertz CT molecular complexity index is 1150. The van der Waals surface area contributed by atoms with Gasteiger partial charge in [0.15, 0.2) is 0 Å². The van der Waals surface area contributed by atoms with Crippen molar-refractivity contribution in [3.05, 3.63) is 41.4 Å². The Morgan fingerprint density at radius 1 is 1.03 bits per heavy atom. The Kier molecular flexibility index (Phi) is 7.26. The lowest BCUT2D eigenvalue weighted by Gasteiger charge is -2.37. The summed E-state index contributed by atoms with van der Waals surface area (Å²) in [5, 5.41) is 2.34. The molecule has 0 spiro atoms. The maximum absolute atomic E-state index is 13.2. The van der Waals surface area contributed by atoms with E-state index in [0.29, 0.717) is 37.0 Å². The van der Waals surface area contributed by atoms with Crippen molar-refractivity contribution >= 4 is 44.1 Å². The third-order valence-electron chi connectivity index (χ3n) is 6.72. The third-order valence-corrected chi connectivity index (χ3v) is 8.85. The highest BCUT2D eigenvalue weighted by Crippen LogP contribution is 2.29. The maximum atomic E-state index is 13.2. The number of aliphatic imine (C=N–C) groups is 1. The normalized spacial score (nSPS) is 23.1. The quantitative estimate of drug-likeness (QED) is 0.511. The number of carbonyl (C=O) groups is 1. The van der Waals surface area contributed by atoms with Gasteiger partial charge in [0, 0.05) is 43.5 Å². The molecule has 33 heavy (non-hydrogen) atoms. The van der Waals surface area contributed by atoms with Crippen molar-refractivity contribution in [3.63, 3.8) is 0 Å². The van der Waals surface area contributed by atoms with Gasteiger partial charge < -0.3 is 10.6 Å². The molecular formula is C24H31ClN4O3S. The average molecular weight is 491 g/mol. The topological polar surface area (TPSA) is 96.1 Å². The zero-order valence-electron chi connectivity index (χ0n) is 18.9. The molecule has 2 fully saturated rings. The minimum absolute atomic E-state index is 0.00484. The lowest BCUT2D eigenvalue weighted by molar-refractivity contribution is -0.137. The van der Waals surface area contributed by atoms with Crippen molar-refractivity contribution < 1.29 is 13.2 Å². The van der Waals surface area contributed by atoms with E-state index in [1.165, 1.54) is 4.31 Å². The molecule has 2 aliphatic rings. The van der Waals surface area contributed by atoms with Gasteiger partial charge in [-0.2, -0.15) is 4.31 Å². The fourth-order valence-electron chi connectivity index (χ4n) is 4.69. The van der Waals surface area contributed by atoms with Crippen LogP contribution in [-0.4, -0.2) is 61.6 Å². The van der Waals surface area contributed by atoms with Gasteiger partial charge in [-0.05, 0) is 60.7 Å². The van der Waals surface area contributed by atoms with Gasteiger partial charge in [-0.15, -0.1) is 0 Å². The highest BCUT2D eigenvalue weighted by molar-refractivity contribution is 7.89. The molecule has 9 heteroatoms. The van der Waals surface area contributed by atoms with Crippen LogP contribution < -0.4 is 5.73 Å². The van der Waals surface area contributed by atoms with Gasteiger partial charge in [0.1, 0.15) is 0 Å². The summed E-state index contributed by atoms with van der Waals surface area (Å²) >= 11 is 6.03. The van der Waals surface area contributed by atoms with Crippen LogP contribution in [0.2, 0.25) is 5.02 Å². The Hall–Kier alpha value is -2.16. The Morgan fingerprint density at radius 2 is 1.67 bits per heavy atom. The van der Waals surface area contributed by atoms with Crippen LogP contribution in [0.3, 0.4) is 0 Å². The smallest absolute Gasteiger partial charge is 0.243 e. The van der Waals surface area contributed by atoms with Gasteiger partial charge in [0.2, 0.25) is 15.9 Å². The zero-order valence-corrected chi connectivity index (χ0v) is 20.5. The van der Waals surface area contributed by atoms with Gasteiger partial charge in [0.05, 0.1) is 16.8 Å². The number of nitrogens with two attached hydrogens (primary N) is 1. The van der Waals surface area contributed by atoms with Gasteiger partial charge in [0.25, 0.3) is 0 Å². The number of carbonyl (C=O) groups excluding carboxylic acids is 1. The molecule has 1 aliphatic heterocycles. The summed E-state index contributed by atoms with van der Waals surface area (Å²) in [6, 6.07) is 10.7. The molecule has 7 nitrogen and oxygen atoms in total. The number of amides is 1. The number of amidine groups is 1. The number of sulfonamides is 1. The van der Waals surface area contributed by atoms with E-state index in [2.05, 4.69) is 4.99 Å². The van der Waals surface area contributed by atoms with Gasteiger partial charge in [-0.3, -0.25) is 9.79 Å². The molecule has 0 bridgehead atoms. The summed E-state index contributed by atoms with van der Waals surface area (Å²) in [6.07, 6.45) is 4.12. The molecule has 0 unspecified atom stereocenters. The van der Waals surface area contributed by atoms with Crippen LogP contribution in [0.1, 0.15) is 39.0 Å². The number of piperazine rings is 1. The molecule has 0 radical (unpaired) electrons. The Morgan fingerprint density at radius 3 is 2.33 bits per heavy atom. The van der Waals surface area contributed by atoms with Crippen molar-refractivity contribution in [2.24, 2.45) is 16.6 Å². The maximum Gasteiger partial charge on any atom is 0.243 e. The van der Waals surface area contributed by atoms with E-state index in [9.17, 15) is 13.2 Å². The molecule has 1 heterocycles. The van der Waals surface area contributed by atoms with E-state index in [0.717, 1.165) is 42.9 Å². The first-order chi connectivity index (χ1) is 15.8. The predicted octanol–water partition coefficient (Wildman–Crippen LogP) is 3.65. The second kappa shape index (κ2) is 9.99. The van der Waals surface area contributed by atoms with Crippen molar-refractivity contribution in [3.8, 4) is 0 Å². The molecule has 178 valence electrons. The van der Waals surface area contributed by atoms with Crippen LogP contribution in [-0.2, 0) is 14.8 Å². The minimum Gasteiger partial charge on any atom is -0.387 e. The first-order valence-corrected chi connectivity index (χ1v) is 13.4. The number of nitrogens with zero attached hydrogens (tertiary/aromatic N) is 3. The van der Waals surface area contributed by atoms with E-state index in [1.54, 1.807) is 24.3 Å². The monoisotopic (exact) mass is 490 g/mol. The van der Waals surface area contributed by atoms with Crippen LogP contribution in [0.5, 0.6) is 0 Å². The number of benzene rings is 2. The van der Waals surface area contributed by atoms with E-state index < -0.39 is 10.0 Å². The van der Waals surface area contributed by atoms with Gasteiger partial charge in [-0.25, -0.2) is 8.42 Å². The second-order valence-corrected chi connectivity index (χ2v) is 11.2. The molecule has 1 saturated carbocycles. The van der Waals surface area contributed by atoms with E-state index in [4.69, 9.17) is 17.3 Å². The first-order valence-electron chi connectivity index (χ1n) is 11.6. The van der Waals surface area contributed by atoms with E-state index >= 15 is 0 Å². The lowest BCUT2D eigenvalue weighted by atomic mass is 9.85. The van der Waals surface area contributed by atoms with Crippen molar-refractivity contribution in [2.75, 3.05) is 26.2 Å². The molecule has 4 rings (SSSR count). The summed E-state index contributed by atoms with van der Waals surface area (Å²) in [7, 11) is -3.62. The second-order valence-electron chi connectivity index (χ2n) is 8.86. The van der Waals surface area contributed by atoms with Crippen LogP contribution >= 0.6 is 11.6 Å². The Labute approximate surface area is 200 Å². The molecule has 1 aliphatic carbocycles. The fourth-order valence-corrected chi connectivity index (χ4v) is 6.33. The van der Waals surface area contributed by atoms with Crippen molar-refractivity contribution in [1.29, 1.82) is 0 Å². The molecular weight excluding hydrogens is 460 g/mol. The highest BCUT2D eigenvalue weighted by Gasteiger charge is 2.34. The minimum atomic E-state index is -3.62. The van der Waals surface area contributed by atoms with Crippen molar-refractivity contribution in [2.45, 2.75) is 50.0 Å². The van der Waals surface area contributed by atoms with E-state index in [-0.39, 0.29) is 22.8 Å². The molecule has 2 aromatic rings. The van der Waals surface area contributed by atoms with Crippen LogP contribution in [0.15, 0.2) is 46.3 Å². The largest absolute Gasteiger partial charge is 0.387 e. The number of rotatable bonds is 5. The lowest BCUT2D eigenvalue weighted by Crippen LogP contribution is -2.52. The molecule has 0 atom stereocenters. The van der Waals surface area contributed by atoms with Crippen LogP contribution in [0.4, 0.5) is 0 Å². The first kappa shape index (κ1) is 24.0. The fraction of sp³-hybridized carbons (Fsp3) is 0.500. The summed E-state index contributed by atoms with van der Waals surface area (Å²) in [4.78, 5) is 19.7. The SMILES string of the molecule is CCC(N)=NC1CCC(C(=O)N2CCN(S(=O)(=O)c3ccc4cc(Cl)ccc4c3)CC2)CC1. The zero-order chi connectivity index (χ0) is 23.6. The molecule has 2 aromatic carbocycles. The van der Waals surface area contributed by atoms with E-state index in [1.807, 2.05) is 24.0 Å². The highest BCUT2D eigenvalue weighted by atomic mass is 35.5. The average Bonchev–Trinajstić information content (AvgIpc) is 2.83. The number of hydrogen-bond acceptors (Lipinski definition) is 4. The summed E-state index contributed by atoms with van der Waals surface area (Å²) < 4.78 is 27.9. The van der Waals surface area contributed by atoms with Crippen molar-refractivity contribution in [1.82, 2.24) is 9.21 Å². The predicted molar refractivity (Wildman–Crippen MR) is 132 cm³/mol. The third kappa shape index (κ3) is 5.34. The standard InChI is InChI=1S/C24H31ClN4O3S/c1-2-23(26)27-21-8-4-17(5-9-21)24(30)28-11-13-29(14-12-28)33(31,32)22-10-6-18-15-20(25)7-3-19(18)16-22/h3,6-7,10,15-17,21H,2,4-5,8-9,11-14H2,1H3,(H2,26,27). The van der Waals surface area contributed by atoms with Crippen LogP contribution in [0, 0.1) is 5.92 Å². The summed E-state index contributed by atoms with van der Waals surface area (Å²) in [5.74, 6) is 0.813. The number of halogens is 1. The van der Waals surface area contributed by atoms with Crippen LogP contribution in [0.25, 0.3) is 10.8 Å². The molecule has 1 saturated heterocycles. The molecule has 0 aromatic heterocycles. The molecule has 2 N–H and O–H groups in total.